The second kappa shape index (κ2) is 7.40. The molecule has 30 heavy (non-hydrogen) atoms. The predicted octanol–water partition coefficient (Wildman–Crippen LogP) is 1.02. The van der Waals surface area contributed by atoms with E-state index in [1.54, 1.807) is 0 Å². The lowest BCUT2D eigenvalue weighted by atomic mass is 10.3. The minimum Gasteiger partial charge on any atom is -0.408 e. The smallest absolute Gasteiger partial charge is 0.408 e. The maximum atomic E-state index is 13.0. The van der Waals surface area contributed by atoms with Crippen LogP contribution >= 0.6 is 0 Å². The van der Waals surface area contributed by atoms with E-state index in [0.29, 0.717) is 37.3 Å². The van der Waals surface area contributed by atoms with E-state index in [0.717, 1.165) is 24.7 Å². The van der Waals surface area contributed by atoms with Crippen molar-refractivity contribution in [3.8, 4) is 0 Å². The zero-order valence-corrected chi connectivity index (χ0v) is 17.1. The minimum absolute atomic E-state index is 0.134. The second-order valence-corrected chi connectivity index (χ2v) is 9.45. The van der Waals surface area contributed by atoms with Crippen LogP contribution in [0.2, 0.25) is 0 Å². The standard InChI is InChI=1S/C19H22N6O4S/c26-19-20-15-13-14(3-4-16(15)29-19)30(27,28)25-11-9-24(10-12-25)18-6-5-17(21-22-18)23-7-1-2-8-23/h3-6,13H,1-2,7-12H2,(H,20,26). The summed E-state index contributed by atoms with van der Waals surface area (Å²) in [4.78, 5) is 18.2. The molecule has 0 bridgehead atoms. The SMILES string of the molecule is O=c1[nH]c2cc(S(=O)(=O)N3CCN(c4ccc(N5CCCC5)nn4)CC3)ccc2o1. The largest absolute Gasteiger partial charge is 0.417 e. The Labute approximate surface area is 173 Å². The molecule has 2 aromatic heterocycles. The Morgan fingerprint density at radius 1 is 0.867 bits per heavy atom. The van der Waals surface area contributed by atoms with Gasteiger partial charge in [-0.15, -0.1) is 10.2 Å². The Morgan fingerprint density at radius 3 is 2.13 bits per heavy atom. The summed E-state index contributed by atoms with van der Waals surface area (Å²) in [5, 5.41) is 8.70. The highest BCUT2D eigenvalue weighted by Crippen LogP contribution is 2.23. The number of aromatic amines is 1. The van der Waals surface area contributed by atoms with Gasteiger partial charge in [-0.3, -0.25) is 4.98 Å². The molecule has 0 saturated carbocycles. The monoisotopic (exact) mass is 430 g/mol. The number of fused-ring (bicyclic) bond motifs is 1. The van der Waals surface area contributed by atoms with Crippen LogP contribution in [-0.4, -0.2) is 67.2 Å². The molecule has 1 aromatic carbocycles. The topological polar surface area (TPSA) is 116 Å². The molecule has 4 heterocycles. The molecule has 2 aliphatic heterocycles. The number of oxazole rings is 1. The molecule has 0 radical (unpaired) electrons. The van der Waals surface area contributed by atoms with Gasteiger partial charge in [0.15, 0.2) is 17.2 Å². The molecule has 0 amide bonds. The Morgan fingerprint density at radius 2 is 1.50 bits per heavy atom. The summed E-state index contributed by atoms with van der Waals surface area (Å²) in [6, 6.07) is 8.33. The quantitative estimate of drug-likeness (QED) is 0.652. The van der Waals surface area contributed by atoms with Crippen molar-refractivity contribution in [3.05, 3.63) is 40.9 Å². The summed E-state index contributed by atoms with van der Waals surface area (Å²) in [5.74, 6) is 1.04. The van der Waals surface area contributed by atoms with Gasteiger partial charge in [0.05, 0.1) is 10.4 Å². The number of hydrogen-bond acceptors (Lipinski definition) is 8. The van der Waals surface area contributed by atoms with Gasteiger partial charge < -0.3 is 14.2 Å². The molecule has 2 saturated heterocycles. The maximum absolute atomic E-state index is 13.0. The lowest BCUT2D eigenvalue weighted by molar-refractivity contribution is 0.383. The third-order valence-electron chi connectivity index (χ3n) is 5.66. The summed E-state index contributed by atoms with van der Waals surface area (Å²) < 4.78 is 32.4. The molecule has 0 atom stereocenters. The molecule has 11 heteroatoms. The van der Waals surface area contributed by atoms with Crippen molar-refractivity contribution in [2.45, 2.75) is 17.7 Å². The van der Waals surface area contributed by atoms with Gasteiger partial charge in [0.1, 0.15) is 0 Å². The lowest BCUT2D eigenvalue weighted by Crippen LogP contribution is -2.49. The zero-order chi connectivity index (χ0) is 20.7. The highest BCUT2D eigenvalue weighted by molar-refractivity contribution is 7.89. The second-order valence-electron chi connectivity index (χ2n) is 7.51. The van der Waals surface area contributed by atoms with Gasteiger partial charge in [0, 0.05) is 39.3 Å². The van der Waals surface area contributed by atoms with E-state index in [1.807, 2.05) is 17.0 Å². The summed E-state index contributed by atoms with van der Waals surface area (Å²) >= 11 is 0. The van der Waals surface area contributed by atoms with Crippen molar-refractivity contribution >= 4 is 32.8 Å². The first-order valence-corrected chi connectivity index (χ1v) is 11.4. The molecular weight excluding hydrogens is 408 g/mol. The van der Waals surface area contributed by atoms with E-state index >= 15 is 0 Å². The summed E-state index contributed by atoms with van der Waals surface area (Å²) in [6.07, 6.45) is 2.37. The van der Waals surface area contributed by atoms with Gasteiger partial charge in [-0.1, -0.05) is 0 Å². The van der Waals surface area contributed by atoms with Crippen LogP contribution in [0.25, 0.3) is 11.1 Å². The van der Waals surface area contributed by atoms with E-state index in [9.17, 15) is 13.2 Å². The van der Waals surface area contributed by atoms with Crippen molar-refractivity contribution in [1.29, 1.82) is 0 Å². The van der Waals surface area contributed by atoms with Gasteiger partial charge in [-0.05, 0) is 43.2 Å². The van der Waals surface area contributed by atoms with Crippen LogP contribution in [0.1, 0.15) is 12.8 Å². The lowest BCUT2D eigenvalue weighted by Gasteiger charge is -2.34. The molecule has 10 nitrogen and oxygen atoms in total. The van der Waals surface area contributed by atoms with Gasteiger partial charge >= 0.3 is 5.76 Å². The number of piperazine rings is 1. The molecule has 3 aromatic rings. The number of sulfonamides is 1. The molecule has 2 fully saturated rings. The number of nitrogens with zero attached hydrogens (tertiary/aromatic N) is 5. The molecule has 158 valence electrons. The van der Waals surface area contributed by atoms with Crippen LogP contribution in [0.5, 0.6) is 0 Å². The Hall–Kier alpha value is -2.92. The van der Waals surface area contributed by atoms with Crippen molar-refractivity contribution in [2.75, 3.05) is 49.1 Å². The highest BCUT2D eigenvalue weighted by Gasteiger charge is 2.29. The average molecular weight is 430 g/mol. The van der Waals surface area contributed by atoms with Crippen LogP contribution in [0.4, 0.5) is 11.6 Å². The van der Waals surface area contributed by atoms with Crippen LogP contribution in [0.3, 0.4) is 0 Å². The minimum atomic E-state index is -3.67. The number of H-pyrrole nitrogens is 1. The van der Waals surface area contributed by atoms with E-state index < -0.39 is 15.8 Å². The fourth-order valence-corrected chi connectivity index (χ4v) is 5.45. The van der Waals surface area contributed by atoms with Crippen molar-refractivity contribution in [3.63, 3.8) is 0 Å². The number of aromatic nitrogens is 3. The molecule has 0 unspecified atom stereocenters. The third-order valence-corrected chi connectivity index (χ3v) is 7.55. The normalized spacial score (nSPS) is 18.4. The zero-order valence-electron chi connectivity index (χ0n) is 16.3. The van der Waals surface area contributed by atoms with E-state index in [4.69, 9.17) is 4.42 Å². The highest BCUT2D eigenvalue weighted by atomic mass is 32.2. The Kier molecular flexibility index (Phi) is 4.70. The first kappa shape index (κ1) is 19.1. The first-order chi connectivity index (χ1) is 14.5. The molecule has 2 aliphatic rings. The molecule has 1 N–H and O–H groups in total. The average Bonchev–Trinajstić information content (AvgIpc) is 3.42. The van der Waals surface area contributed by atoms with Crippen LogP contribution in [0.15, 0.2) is 44.4 Å². The van der Waals surface area contributed by atoms with Gasteiger partial charge in [0.25, 0.3) is 0 Å². The first-order valence-electron chi connectivity index (χ1n) is 9.97. The fourth-order valence-electron chi connectivity index (χ4n) is 4.00. The van der Waals surface area contributed by atoms with E-state index in [-0.39, 0.29) is 4.90 Å². The van der Waals surface area contributed by atoms with E-state index in [1.165, 1.54) is 35.3 Å². The number of rotatable bonds is 4. The van der Waals surface area contributed by atoms with Crippen LogP contribution in [0, 0.1) is 0 Å². The Bertz CT molecular complexity index is 1210. The van der Waals surface area contributed by atoms with Crippen LogP contribution < -0.4 is 15.6 Å². The van der Waals surface area contributed by atoms with Crippen molar-refractivity contribution in [2.24, 2.45) is 0 Å². The summed E-state index contributed by atoms with van der Waals surface area (Å²) in [5.41, 5.74) is 0.702. The predicted molar refractivity (Wildman–Crippen MR) is 111 cm³/mol. The number of benzene rings is 1. The summed E-state index contributed by atoms with van der Waals surface area (Å²) in [7, 11) is -3.67. The van der Waals surface area contributed by atoms with Gasteiger partial charge in [0.2, 0.25) is 10.0 Å². The van der Waals surface area contributed by atoms with Crippen molar-refractivity contribution in [1.82, 2.24) is 19.5 Å². The maximum Gasteiger partial charge on any atom is 0.417 e. The molecule has 0 spiro atoms. The number of nitrogens with one attached hydrogen (secondary N) is 1. The molecule has 5 rings (SSSR count). The molecule has 0 aliphatic carbocycles. The van der Waals surface area contributed by atoms with Crippen LogP contribution in [-0.2, 0) is 10.0 Å². The molecular formula is C19H22N6O4S. The number of hydrogen-bond donors (Lipinski definition) is 1. The summed E-state index contributed by atoms with van der Waals surface area (Å²) in [6.45, 7) is 3.78. The van der Waals surface area contributed by atoms with Gasteiger partial charge in [-0.2, -0.15) is 4.31 Å². The van der Waals surface area contributed by atoms with Gasteiger partial charge in [-0.25, -0.2) is 13.2 Å². The Balaban J connectivity index is 1.28. The van der Waals surface area contributed by atoms with Crippen molar-refractivity contribution < 1.29 is 12.8 Å². The fraction of sp³-hybridized carbons (Fsp3) is 0.421. The number of anilines is 2. The third kappa shape index (κ3) is 3.43. The van der Waals surface area contributed by atoms with E-state index in [2.05, 4.69) is 20.1 Å².